The third-order valence-electron chi connectivity index (χ3n) is 3.89. The summed E-state index contributed by atoms with van der Waals surface area (Å²) in [6, 6.07) is 12.9. The molecule has 5 heteroatoms. The van der Waals surface area contributed by atoms with E-state index < -0.39 is 0 Å². The third-order valence-corrected chi connectivity index (χ3v) is 3.89. The summed E-state index contributed by atoms with van der Waals surface area (Å²) in [4.78, 5) is 24.5. The molecule has 0 fully saturated rings. The van der Waals surface area contributed by atoms with Crippen LogP contribution in [0.25, 0.3) is 10.8 Å². The first-order chi connectivity index (χ1) is 11.1. The van der Waals surface area contributed by atoms with Gasteiger partial charge in [-0.1, -0.05) is 43.3 Å². The number of para-hydroxylation sites is 1. The lowest BCUT2D eigenvalue weighted by atomic mass is 10.1. The number of aromatic nitrogens is 2. The number of nitrogens with zero attached hydrogens (tertiary/aromatic N) is 1. The summed E-state index contributed by atoms with van der Waals surface area (Å²) in [5.74, 6) is -0.332. The SMILES string of the molecule is CCc1cccc(C)c1NC(=O)c1n[nH]c(=O)c2ccccc12. The Kier molecular flexibility index (Phi) is 3.93. The number of rotatable bonds is 3. The average molecular weight is 307 g/mol. The number of hydrogen-bond donors (Lipinski definition) is 2. The molecule has 0 aliphatic heterocycles. The molecule has 0 aliphatic carbocycles. The monoisotopic (exact) mass is 307 g/mol. The number of benzene rings is 2. The van der Waals surface area contributed by atoms with Crippen LogP contribution in [-0.2, 0) is 6.42 Å². The standard InChI is InChI=1S/C18H17N3O2/c1-3-12-8-6-7-11(2)15(12)19-18(23)16-13-9-4-5-10-14(13)17(22)21-20-16/h4-10H,3H2,1-2H3,(H,19,23)(H,21,22). The summed E-state index contributed by atoms with van der Waals surface area (Å²) in [6.45, 7) is 3.99. The molecule has 1 amide bonds. The molecule has 3 rings (SSSR count). The van der Waals surface area contributed by atoms with Gasteiger partial charge in [-0.05, 0) is 30.5 Å². The number of hydrogen-bond acceptors (Lipinski definition) is 3. The van der Waals surface area contributed by atoms with Crippen LogP contribution in [0, 0.1) is 6.92 Å². The first kappa shape index (κ1) is 15.0. The molecule has 3 aromatic rings. The maximum absolute atomic E-state index is 12.7. The van der Waals surface area contributed by atoms with E-state index in [0.29, 0.717) is 10.8 Å². The van der Waals surface area contributed by atoms with E-state index >= 15 is 0 Å². The van der Waals surface area contributed by atoms with Crippen LogP contribution in [0.2, 0.25) is 0 Å². The van der Waals surface area contributed by atoms with Crippen LogP contribution in [0.5, 0.6) is 0 Å². The molecule has 2 aromatic carbocycles. The topological polar surface area (TPSA) is 74.8 Å². The van der Waals surface area contributed by atoms with Crippen molar-refractivity contribution in [2.24, 2.45) is 0 Å². The molecular formula is C18H17N3O2. The molecule has 0 saturated heterocycles. The third kappa shape index (κ3) is 2.73. The second kappa shape index (κ2) is 6.04. The molecule has 0 atom stereocenters. The lowest BCUT2D eigenvalue weighted by Gasteiger charge is -2.13. The summed E-state index contributed by atoms with van der Waals surface area (Å²) in [6.07, 6.45) is 0.817. The second-order valence-corrected chi connectivity index (χ2v) is 5.36. The lowest BCUT2D eigenvalue weighted by molar-refractivity contribution is 0.102. The van der Waals surface area contributed by atoms with Crippen LogP contribution >= 0.6 is 0 Å². The fourth-order valence-electron chi connectivity index (χ4n) is 2.66. The molecule has 0 spiro atoms. The molecule has 2 N–H and O–H groups in total. The fraction of sp³-hybridized carbons (Fsp3) is 0.167. The highest BCUT2D eigenvalue weighted by Crippen LogP contribution is 2.22. The van der Waals surface area contributed by atoms with E-state index in [9.17, 15) is 9.59 Å². The molecular weight excluding hydrogens is 290 g/mol. The number of fused-ring (bicyclic) bond motifs is 1. The minimum Gasteiger partial charge on any atom is -0.320 e. The van der Waals surface area contributed by atoms with Gasteiger partial charge in [0.05, 0.1) is 5.39 Å². The van der Waals surface area contributed by atoms with Gasteiger partial charge in [0.15, 0.2) is 5.69 Å². The van der Waals surface area contributed by atoms with Gasteiger partial charge in [0.2, 0.25) is 0 Å². The molecule has 1 aromatic heterocycles. The van der Waals surface area contributed by atoms with Crippen molar-refractivity contribution in [3.63, 3.8) is 0 Å². The predicted octanol–water partition coefficient (Wildman–Crippen LogP) is 3.05. The van der Waals surface area contributed by atoms with Gasteiger partial charge in [-0.3, -0.25) is 9.59 Å². The number of carbonyl (C=O) groups excluding carboxylic acids is 1. The van der Waals surface area contributed by atoms with Crippen LogP contribution in [-0.4, -0.2) is 16.1 Å². The van der Waals surface area contributed by atoms with Gasteiger partial charge in [0.25, 0.3) is 11.5 Å². The van der Waals surface area contributed by atoms with Crippen molar-refractivity contribution < 1.29 is 4.79 Å². The minimum absolute atomic E-state index is 0.213. The first-order valence-corrected chi connectivity index (χ1v) is 7.49. The highest BCUT2D eigenvalue weighted by molar-refractivity contribution is 6.11. The molecule has 23 heavy (non-hydrogen) atoms. The number of carbonyl (C=O) groups is 1. The highest BCUT2D eigenvalue weighted by atomic mass is 16.2. The maximum atomic E-state index is 12.7. The van der Waals surface area contributed by atoms with Gasteiger partial charge in [0, 0.05) is 11.1 Å². The maximum Gasteiger partial charge on any atom is 0.276 e. The summed E-state index contributed by atoms with van der Waals surface area (Å²) >= 11 is 0. The number of H-pyrrole nitrogens is 1. The van der Waals surface area contributed by atoms with Crippen molar-refractivity contribution in [3.05, 3.63) is 69.6 Å². The molecule has 0 bridgehead atoms. The molecule has 0 aliphatic rings. The van der Waals surface area contributed by atoms with Gasteiger partial charge in [-0.25, -0.2) is 5.10 Å². The highest BCUT2D eigenvalue weighted by Gasteiger charge is 2.16. The zero-order valence-corrected chi connectivity index (χ0v) is 13.0. The normalized spacial score (nSPS) is 10.7. The Morgan fingerprint density at radius 1 is 1.13 bits per heavy atom. The Labute approximate surface area is 133 Å². The van der Waals surface area contributed by atoms with Crippen LogP contribution in [0.15, 0.2) is 47.3 Å². The van der Waals surface area contributed by atoms with E-state index in [1.54, 1.807) is 24.3 Å². The summed E-state index contributed by atoms with van der Waals surface area (Å²) in [5.41, 5.74) is 2.77. The Bertz CT molecular complexity index is 944. The molecule has 0 unspecified atom stereocenters. The molecule has 0 saturated carbocycles. The smallest absolute Gasteiger partial charge is 0.276 e. The van der Waals surface area contributed by atoms with Crippen LogP contribution in [0.3, 0.4) is 0 Å². The van der Waals surface area contributed by atoms with Crippen molar-refractivity contribution in [1.29, 1.82) is 0 Å². The number of anilines is 1. The van der Waals surface area contributed by atoms with Crippen molar-refractivity contribution in [3.8, 4) is 0 Å². The second-order valence-electron chi connectivity index (χ2n) is 5.36. The molecule has 0 radical (unpaired) electrons. The van der Waals surface area contributed by atoms with Gasteiger partial charge >= 0.3 is 0 Å². The average Bonchev–Trinajstić information content (AvgIpc) is 2.57. The van der Waals surface area contributed by atoms with E-state index in [1.807, 2.05) is 32.0 Å². The minimum atomic E-state index is -0.332. The largest absolute Gasteiger partial charge is 0.320 e. The van der Waals surface area contributed by atoms with Gasteiger partial charge < -0.3 is 5.32 Å². The first-order valence-electron chi connectivity index (χ1n) is 7.49. The number of amides is 1. The Morgan fingerprint density at radius 2 is 1.87 bits per heavy atom. The quantitative estimate of drug-likeness (QED) is 0.781. The van der Waals surface area contributed by atoms with Crippen LogP contribution < -0.4 is 10.9 Å². The van der Waals surface area contributed by atoms with E-state index in [4.69, 9.17) is 0 Å². The summed E-state index contributed by atoms with van der Waals surface area (Å²) in [5, 5.41) is 10.3. The zero-order valence-electron chi connectivity index (χ0n) is 13.0. The number of nitrogens with one attached hydrogen (secondary N) is 2. The van der Waals surface area contributed by atoms with Crippen LogP contribution in [0.1, 0.15) is 28.5 Å². The van der Waals surface area contributed by atoms with Crippen molar-refractivity contribution in [2.75, 3.05) is 5.32 Å². The Morgan fingerprint density at radius 3 is 2.61 bits per heavy atom. The van der Waals surface area contributed by atoms with E-state index in [1.165, 1.54) is 0 Å². The molecule has 5 nitrogen and oxygen atoms in total. The zero-order chi connectivity index (χ0) is 16.4. The molecule has 1 heterocycles. The van der Waals surface area contributed by atoms with Crippen molar-refractivity contribution in [2.45, 2.75) is 20.3 Å². The summed E-state index contributed by atoms with van der Waals surface area (Å²) in [7, 11) is 0. The van der Waals surface area contributed by atoms with Gasteiger partial charge in [-0.2, -0.15) is 5.10 Å². The van der Waals surface area contributed by atoms with Gasteiger partial charge in [0.1, 0.15) is 0 Å². The van der Waals surface area contributed by atoms with E-state index in [2.05, 4.69) is 15.5 Å². The predicted molar refractivity (Wildman–Crippen MR) is 90.9 cm³/mol. The summed E-state index contributed by atoms with van der Waals surface area (Å²) < 4.78 is 0. The number of aryl methyl sites for hydroxylation is 2. The number of aromatic amines is 1. The van der Waals surface area contributed by atoms with Crippen molar-refractivity contribution in [1.82, 2.24) is 10.2 Å². The van der Waals surface area contributed by atoms with Crippen molar-refractivity contribution >= 4 is 22.4 Å². The fourth-order valence-corrected chi connectivity index (χ4v) is 2.66. The van der Waals surface area contributed by atoms with Gasteiger partial charge in [-0.15, -0.1) is 0 Å². The lowest BCUT2D eigenvalue weighted by Crippen LogP contribution is -2.20. The molecule has 116 valence electrons. The Hall–Kier alpha value is -2.95. The van der Waals surface area contributed by atoms with E-state index in [-0.39, 0.29) is 17.2 Å². The van der Waals surface area contributed by atoms with Crippen LogP contribution in [0.4, 0.5) is 5.69 Å². The Balaban J connectivity index is 2.06. The van der Waals surface area contributed by atoms with E-state index in [0.717, 1.165) is 23.2 Å².